The third-order valence-corrected chi connectivity index (χ3v) is 11.1. The molecule has 3 atom stereocenters. The average Bonchev–Trinajstić information content (AvgIpc) is 3.64. The van der Waals surface area contributed by atoms with Crippen LogP contribution in [0.4, 0.5) is 5.69 Å². The van der Waals surface area contributed by atoms with Gasteiger partial charge in [-0.25, -0.2) is 8.42 Å². The number of anilines is 1. The van der Waals surface area contributed by atoms with Crippen molar-refractivity contribution in [1.82, 2.24) is 13.8 Å². The van der Waals surface area contributed by atoms with Gasteiger partial charge in [-0.2, -0.15) is 4.31 Å². The van der Waals surface area contributed by atoms with E-state index in [0.717, 1.165) is 27.8 Å². The molecule has 228 valence electrons. The van der Waals surface area contributed by atoms with Gasteiger partial charge in [-0.3, -0.25) is 9.59 Å². The van der Waals surface area contributed by atoms with Crippen molar-refractivity contribution in [3.8, 4) is 5.75 Å². The van der Waals surface area contributed by atoms with Gasteiger partial charge in [0.25, 0.3) is 15.9 Å². The molecule has 1 aliphatic rings. The van der Waals surface area contributed by atoms with E-state index < -0.39 is 22.2 Å². The second-order valence-corrected chi connectivity index (χ2v) is 14.3. The number of sulfonamides is 1. The van der Waals surface area contributed by atoms with Gasteiger partial charge in [0, 0.05) is 49.3 Å². The van der Waals surface area contributed by atoms with Crippen molar-refractivity contribution < 1.29 is 27.9 Å². The second kappa shape index (κ2) is 12.5. The summed E-state index contributed by atoms with van der Waals surface area (Å²) >= 11 is 1.15. The minimum absolute atomic E-state index is 0.0555. The maximum Gasteiger partial charge on any atom is 0.258 e. The van der Waals surface area contributed by atoms with Crippen LogP contribution >= 0.6 is 11.3 Å². The molecule has 5 rings (SSSR count). The molecule has 4 aromatic rings. The van der Waals surface area contributed by atoms with Gasteiger partial charge in [0.05, 0.1) is 31.2 Å². The van der Waals surface area contributed by atoms with Gasteiger partial charge in [-0.05, 0) is 48.2 Å². The van der Waals surface area contributed by atoms with E-state index in [1.54, 1.807) is 47.5 Å². The lowest BCUT2D eigenvalue weighted by Crippen LogP contribution is -2.50. The first kappa shape index (κ1) is 30.7. The summed E-state index contributed by atoms with van der Waals surface area (Å²) in [5, 5.41) is 15.6. The van der Waals surface area contributed by atoms with Crippen LogP contribution in [-0.2, 0) is 28.3 Å². The third-order valence-electron chi connectivity index (χ3n) is 7.88. The Kier molecular flexibility index (Phi) is 8.93. The number of fused-ring (bicyclic) bond motifs is 2. The normalized spacial score (nSPS) is 18.2. The first-order valence-corrected chi connectivity index (χ1v) is 16.4. The zero-order chi connectivity index (χ0) is 30.9. The number of carbonyl (C=O) groups is 2. The van der Waals surface area contributed by atoms with Gasteiger partial charge in [-0.1, -0.05) is 31.2 Å². The maximum atomic E-state index is 13.8. The number of ether oxygens (including phenoxy) is 1. The monoisotopic (exact) mass is 624 g/mol. The first-order valence-electron chi connectivity index (χ1n) is 14.0. The summed E-state index contributed by atoms with van der Waals surface area (Å²) in [5.41, 5.74) is 2.58. The Hall–Kier alpha value is -3.71. The molecule has 10 nitrogen and oxygen atoms in total. The molecule has 2 aromatic heterocycles. The molecular weight excluding hydrogens is 588 g/mol. The van der Waals surface area contributed by atoms with Crippen molar-refractivity contribution in [2.45, 2.75) is 36.6 Å². The Morgan fingerprint density at radius 3 is 2.70 bits per heavy atom. The number of benzene rings is 2. The van der Waals surface area contributed by atoms with Crippen LogP contribution in [0.15, 0.2) is 70.4 Å². The van der Waals surface area contributed by atoms with Crippen LogP contribution in [0, 0.1) is 5.92 Å². The fourth-order valence-electron chi connectivity index (χ4n) is 5.38. The largest absolute Gasteiger partial charge is 0.488 e. The number of rotatable bonds is 9. The van der Waals surface area contributed by atoms with Crippen molar-refractivity contribution >= 4 is 49.8 Å². The number of amides is 2. The zero-order valence-electron chi connectivity index (χ0n) is 24.6. The summed E-state index contributed by atoms with van der Waals surface area (Å²) in [7, 11) is -0.268. The molecule has 0 fully saturated rings. The van der Waals surface area contributed by atoms with Gasteiger partial charge in [0.15, 0.2) is 0 Å². The highest BCUT2D eigenvalue weighted by atomic mass is 32.2. The van der Waals surface area contributed by atoms with E-state index in [1.165, 1.54) is 11.4 Å². The smallest absolute Gasteiger partial charge is 0.258 e. The van der Waals surface area contributed by atoms with Gasteiger partial charge < -0.3 is 24.6 Å². The van der Waals surface area contributed by atoms with Gasteiger partial charge in [-0.15, -0.1) is 11.3 Å². The first-order chi connectivity index (χ1) is 20.5. The predicted molar refractivity (Wildman–Crippen MR) is 167 cm³/mol. The molecule has 0 radical (unpaired) electrons. The fraction of sp³-hybridized carbons (Fsp3) is 0.355. The van der Waals surface area contributed by atoms with Gasteiger partial charge in [0.1, 0.15) is 16.1 Å². The Morgan fingerprint density at radius 2 is 1.98 bits per heavy atom. The number of aryl methyl sites for hydroxylation is 1. The summed E-state index contributed by atoms with van der Waals surface area (Å²) < 4.78 is 36.1. The number of likely N-dealkylation sites (N-methyl/N-ethyl adjacent to an activating group) is 1. The number of hydrogen-bond donors (Lipinski definition) is 2. The molecule has 43 heavy (non-hydrogen) atoms. The molecule has 2 N–H and O–H groups in total. The molecule has 0 saturated carbocycles. The van der Waals surface area contributed by atoms with Gasteiger partial charge >= 0.3 is 0 Å². The molecule has 0 unspecified atom stereocenters. The van der Waals surface area contributed by atoms with Crippen LogP contribution in [0.5, 0.6) is 5.75 Å². The number of carbonyl (C=O) groups excluding carboxylic acids is 2. The highest BCUT2D eigenvalue weighted by Crippen LogP contribution is 2.32. The molecule has 0 spiro atoms. The summed E-state index contributed by atoms with van der Waals surface area (Å²) in [6, 6.07) is 15.5. The van der Waals surface area contributed by atoms with Crippen LogP contribution in [0.2, 0.25) is 0 Å². The summed E-state index contributed by atoms with van der Waals surface area (Å²) in [6.45, 7) is 3.71. The number of hydrogen-bond acceptors (Lipinski definition) is 7. The third kappa shape index (κ3) is 6.32. The average molecular weight is 625 g/mol. The molecule has 3 heterocycles. The minimum Gasteiger partial charge on any atom is -0.488 e. The molecule has 0 bridgehead atoms. The zero-order valence-corrected chi connectivity index (χ0v) is 26.2. The number of nitrogens with one attached hydrogen (secondary N) is 1. The van der Waals surface area contributed by atoms with E-state index in [4.69, 9.17) is 4.74 Å². The van der Waals surface area contributed by atoms with Crippen LogP contribution in [0.25, 0.3) is 10.9 Å². The Bertz CT molecular complexity index is 1730. The highest BCUT2D eigenvalue weighted by molar-refractivity contribution is 7.91. The molecule has 12 heteroatoms. The van der Waals surface area contributed by atoms with Crippen molar-refractivity contribution in [3.05, 3.63) is 77.3 Å². The lowest BCUT2D eigenvalue weighted by molar-refractivity contribution is -0.115. The van der Waals surface area contributed by atoms with Crippen LogP contribution in [0.3, 0.4) is 0 Å². The summed E-state index contributed by atoms with van der Waals surface area (Å²) in [4.78, 5) is 28.4. The number of thiophene rings is 1. The van der Waals surface area contributed by atoms with Crippen LogP contribution in [0.1, 0.15) is 29.8 Å². The number of aliphatic hydroxyl groups is 1. The van der Waals surface area contributed by atoms with Crippen molar-refractivity contribution in [2.75, 3.05) is 32.1 Å². The van der Waals surface area contributed by atoms with Crippen molar-refractivity contribution in [1.29, 1.82) is 0 Å². The summed E-state index contributed by atoms with van der Waals surface area (Å²) in [5.74, 6) is -0.549. The maximum absolute atomic E-state index is 13.8. The fourth-order valence-corrected chi connectivity index (χ4v) is 7.76. The quantitative estimate of drug-likeness (QED) is 0.291. The molecule has 1 aliphatic heterocycles. The molecule has 0 aliphatic carbocycles. The van der Waals surface area contributed by atoms with E-state index in [9.17, 15) is 23.1 Å². The van der Waals surface area contributed by atoms with Crippen molar-refractivity contribution in [3.63, 3.8) is 0 Å². The number of aliphatic hydroxyl groups excluding tert-OH is 1. The topological polar surface area (TPSA) is 121 Å². The number of aromatic nitrogens is 1. The van der Waals surface area contributed by atoms with E-state index in [1.807, 2.05) is 49.0 Å². The number of para-hydroxylation sites is 1. The molecule has 2 aromatic carbocycles. The minimum atomic E-state index is -3.72. The Balaban J connectivity index is 1.41. The second-order valence-electron chi connectivity index (χ2n) is 11.1. The Labute approximate surface area is 255 Å². The lowest BCUT2D eigenvalue weighted by atomic mass is 9.99. The van der Waals surface area contributed by atoms with E-state index >= 15 is 0 Å². The predicted octanol–water partition coefficient (Wildman–Crippen LogP) is 3.96. The molecular formula is C31H36N4O6S2. The van der Waals surface area contributed by atoms with E-state index in [-0.39, 0.29) is 59.4 Å². The summed E-state index contributed by atoms with van der Waals surface area (Å²) in [6.07, 6.45) is 1.50. The molecule has 0 saturated heterocycles. The standard InChI is InChI=1S/C31H36N4O6S2/c1-20-16-35(21(2)19-36)31(38)25-15-23(32-29(37)14-22-17-33(3)26-9-6-5-8-24(22)26)11-12-27(25)41-28(20)18-34(4)43(39,40)30-10-7-13-42-30/h5-13,15,17,20-21,28,36H,14,16,18-19H2,1-4H3,(H,32,37)/t20-,21+,28-/m1/s1. The number of nitrogens with zero attached hydrogens (tertiary/aromatic N) is 3. The van der Waals surface area contributed by atoms with Crippen LogP contribution < -0.4 is 10.1 Å². The van der Waals surface area contributed by atoms with E-state index in [2.05, 4.69) is 5.32 Å². The van der Waals surface area contributed by atoms with Gasteiger partial charge in [0.2, 0.25) is 5.91 Å². The lowest BCUT2D eigenvalue weighted by Gasteiger charge is -2.38. The van der Waals surface area contributed by atoms with Crippen LogP contribution in [-0.4, -0.2) is 78.0 Å². The SMILES string of the molecule is C[C@@H]1CN([C@@H](C)CO)C(=O)c2cc(NC(=O)Cc3cn(C)c4ccccc34)ccc2O[C@@H]1CN(C)S(=O)(=O)c1cccs1. The molecule has 2 amide bonds. The highest BCUT2D eigenvalue weighted by Gasteiger charge is 2.35. The van der Waals surface area contributed by atoms with E-state index in [0.29, 0.717) is 5.69 Å². The Morgan fingerprint density at radius 1 is 1.21 bits per heavy atom. The van der Waals surface area contributed by atoms with Crippen molar-refractivity contribution in [2.24, 2.45) is 13.0 Å².